The molecule has 11 heteroatoms. The molecule has 3 aromatic rings. The summed E-state index contributed by atoms with van der Waals surface area (Å²) in [5, 5.41) is 13.5. The van der Waals surface area contributed by atoms with Gasteiger partial charge in [0.1, 0.15) is 0 Å². The van der Waals surface area contributed by atoms with E-state index >= 15 is 0 Å². The molecule has 36 heavy (non-hydrogen) atoms. The van der Waals surface area contributed by atoms with Crippen molar-refractivity contribution in [1.82, 2.24) is 0 Å². The fraction of sp³-hybridized carbons (Fsp3) is 0.160. The molecule has 1 atom stereocenters. The van der Waals surface area contributed by atoms with Crippen LogP contribution in [0.1, 0.15) is 38.8 Å². The van der Waals surface area contributed by atoms with E-state index in [2.05, 4.69) is 10.6 Å². The molecule has 6 nitrogen and oxygen atoms in total. The number of anilines is 2. The van der Waals surface area contributed by atoms with Gasteiger partial charge in [0.25, 0.3) is 5.91 Å². The Morgan fingerprint density at radius 3 is 2.14 bits per heavy atom. The minimum atomic E-state index is -1.49. The van der Waals surface area contributed by atoms with E-state index in [1.807, 2.05) is 32.0 Å². The SMILES string of the molecule is Cc1ccc(C)c(NC(=O)C(C)Sc2cccc(NC(=O)c3c(Cl)c(Cl)c(Cl)c(Cl)c3C(=O)O)c2)c1. The number of halogens is 4. The monoisotopic (exact) mass is 584 g/mol. The molecule has 0 radical (unpaired) electrons. The maximum absolute atomic E-state index is 13.0. The average Bonchev–Trinajstić information content (AvgIpc) is 2.82. The fourth-order valence-corrected chi connectivity index (χ4v) is 5.19. The molecular weight excluding hydrogens is 566 g/mol. The molecule has 188 valence electrons. The number of aromatic carboxylic acids is 1. The molecule has 1 unspecified atom stereocenters. The number of rotatable bonds is 7. The van der Waals surface area contributed by atoms with Gasteiger partial charge in [-0.2, -0.15) is 0 Å². The molecule has 0 saturated carbocycles. The number of amides is 2. The lowest BCUT2D eigenvalue weighted by molar-refractivity contribution is -0.115. The number of carboxylic acids is 1. The van der Waals surface area contributed by atoms with E-state index in [-0.39, 0.29) is 21.0 Å². The van der Waals surface area contributed by atoms with Gasteiger partial charge in [0, 0.05) is 16.3 Å². The quantitative estimate of drug-likeness (QED) is 0.148. The summed E-state index contributed by atoms with van der Waals surface area (Å²) in [6.07, 6.45) is 0. The smallest absolute Gasteiger partial charge is 0.338 e. The third-order valence-corrected chi connectivity index (χ3v) is 8.03. The minimum Gasteiger partial charge on any atom is -0.478 e. The second-order valence-electron chi connectivity index (χ2n) is 7.86. The third-order valence-electron chi connectivity index (χ3n) is 5.13. The second kappa shape index (κ2) is 11.8. The Labute approximate surface area is 232 Å². The molecular formula is C25H20Cl4N2O4S. The van der Waals surface area contributed by atoms with Gasteiger partial charge in [-0.05, 0) is 56.2 Å². The maximum atomic E-state index is 13.0. The first-order valence-corrected chi connectivity index (χ1v) is 12.8. The molecule has 0 saturated heterocycles. The lowest BCUT2D eigenvalue weighted by atomic mass is 10.1. The molecule has 3 aromatic carbocycles. The maximum Gasteiger partial charge on any atom is 0.338 e. The number of hydrogen-bond donors (Lipinski definition) is 3. The molecule has 0 fully saturated rings. The highest BCUT2D eigenvalue weighted by molar-refractivity contribution is 8.00. The number of carbonyl (C=O) groups excluding carboxylic acids is 2. The van der Waals surface area contributed by atoms with Crippen LogP contribution in [0.3, 0.4) is 0 Å². The Hall–Kier alpha value is -2.42. The Morgan fingerprint density at radius 2 is 1.50 bits per heavy atom. The molecule has 0 aliphatic heterocycles. The Bertz CT molecular complexity index is 1380. The summed E-state index contributed by atoms with van der Waals surface area (Å²) in [5.74, 6) is -2.49. The highest BCUT2D eigenvalue weighted by Gasteiger charge is 2.29. The van der Waals surface area contributed by atoms with Crippen LogP contribution in [-0.2, 0) is 4.79 Å². The van der Waals surface area contributed by atoms with E-state index in [4.69, 9.17) is 46.4 Å². The van der Waals surface area contributed by atoms with Crippen LogP contribution in [0.5, 0.6) is 0 Å². The predicted molar refractivity (Wildman–Crippen MR) is 148 cm³/mol. The zero-order valence-electron chi connectivity index (χ0n) is 19.2. The van der Waals surface area contributed by atoms with Crippen LogP contribution in [0.2, 0.25) is 20.1 Å². The Kier molecular flexibility index (Phi) is 9.19. The van der Waals surface area contributed by atoms with Crippen molar-refractivity contribution < 1.29 is 19.5 Å². The summed E-state index contributed by atoms with van der Waals surface area (Å²) < 4.78 is 0. The number of benzene rings is 3. The van der Waals surface area contributed by atoms with Crippen molar-refractivity contribution in [3.8, 4) is 0 Å². The van der Waals surface area contributed by atoms with Gasteiger partial charge in [-0.25, -0.2) is 4.79 Å². The molecule has 3 N–H and O–H groups in total. The van der Waals surface area contributed by atoms with Crippen molar-refractivity contribution in [3.63, 3.8) is 0 Å². The molecule has 0 aliphatic rings. The topological polar surface area (TPSA) is 95.5 Å². The van der Waals surface area contributed by atoms with Crippen LogP contribution < -0.4 is 10.6 Å². The van der Waals surface area contributed by atoms with Crippen molar-refractivity contribution in [2.45, 2.75) is 30.9 Å². The van der Waals surface area contributed by atoms with Crippen LogP contribution in [0, 0.1) is 13.8 Å². The highest BCUT2D eigenvalue weighted by atomic mass is 35.5. The van der Waals surface area contributed by atoms with E-state index in [9.17, 15) is 19.5 Å². The summed E-state index contributed by atoms with van der Waals surface area (Å²) in [6.45, 7) is 5.64. The first-order valence-electron chi connectivity index (χ1n) is 10.5. The first-order chi connectivity index (χ1) is 16.9. The predicted octanol–water partition coefficient (Wildman–Crippen LogP) is 7.99. The molecule has 0 bridgehead atoms. The summed E-state index contributed by atoms with van der Waals surface area (Å²) in [5.41, 5.74) is 2.12. The van der Waals surface area contributed by atoms with Gasteiger partial charge in [0.05, 0.1) is 36.5 Å². The van der Waals surface area contributed by atoms with E-state index in [1.54, 1.807) is 31.2 Å². The van der Waals surface area contributed by atoms with Crippen molar-refractivity contribution in [1.29, 1.82) is 0 Å². The van der Waals surface area contributed by atoms with Gasteiger partial charge < -0.3 is 15.7 Å². The first kappa shape index (κ1) is 28.2. The number of aryl methyl sites for hydroxylation is 2. The van der Waals surface area contributed by atoms with Crippen molar-refractivity contribution in [2.24, 2.45) is 0 Å². The standard InChI is InChI=1S/C25H20Cl4N2O4S/c1-11-7-8-12(2)16(9-11)31-23(32)13(3)36-15-6-4-5-14(10-15)30-24(33)17-18(25(34)35)20(27)22(29)21(28)19(17)26/h4-10,13H,1-3H3,(H,30,33)(H,31,32)(H,34,35). The Balaban J connectivity index is 1.79. The van der Waals surface area contributed by atoms with Crippen LogP contribution in [0.4, 0.5) is 11.4 Å². The van der Waals surface area contributed by atoms with Crippen molar-refractivity contribution in [2.75, 3.05) is 10.6 Å². The zero-order chi connectivity index (χ0) is 26.7. The number of nitrogens with one attached hydrogen (secondary N) is 2. The number of carboxylic acid groups (broad SMARTS) is 1. The van der Waals surface area contributed by atoms with E-state index < -0.39 is 33.3 Å². The summed E-state index contributed by atoms with van der Waals surface area (Å²) in [4.78, 5) is 38.2. The van der Waals surface area contributed by atoms with E-state index in [0.717, 1.165) is 16.8 Å². The third kappa shape index (κ3) is 6.28. The number of carbonyl (C=O) groups is 3. The van der Waals surface area contributed by atoms with Crippen LogP contribution in [-0.4, -0.2) is 28.1 Å². The molecule has 0 aliphatic carbocycles. The van der Waals surface area contributed by atoms with E-state index in [0.29, 0.717) is 10.6 Å². The van der Waals surface area contributed by atoms with Crippen LogP contribution >= 0.6 is 58.2 Å². The highest BCUT2D eigenvalue weighted by Crippen LogP contribution is 2.42. The normalized spacial score (nSPS) is 11.6. The molecule has 0 aromatic heterocycles. The van der Waals surface area contributed by atoms with Crippen molar-refractivity contribution >= 4 is 87.3 Å². The molecule has 3 rings (SSSR count). The average molecular weight is 586 g/mol. The summed E-state index contributed by atoms with van der Waals surface area (Å²) in [7, 11) is 0. The van der Waals surface area contributed by atoms with Gasteiger partial charge in [0.15, 0.2) is 0 Å². The van der Waals surface area contributed by atoms with Gasteiger partial charge in [0.2, 0.25) is 5.91 Å². The van der Waals surface area contributed by atoms with Crippen LogP contribution in [0.15, 0.2) is 47.4 Å². The fourth-order valence-electron chi connectivity index (χ4n) is 3.25. The van der Waals surface area contributed by atoms with Crippen molar-refractivity contribution in [3.05, 3.63) is 84.8 Å². The summed E-state index contributed by atoms with van der Waals surface area (Å²) >= 11 is 25.5. The molecule has 0 heterocycles. The number of hydrogen-bond acceptors (Lipinski definition) is 4. The second-order valence-corrected chi connectivity index (χ2v) is 10.8. The number of thioether (sulfide) groups is 1. The van der Waals surface area contributed by atoms with Gasteiger partial charge >= 0.3 is 5.97 Å². The molecule has 0 spiro atoms. The largest absolute Gasteiger partial charge is 0.478 e. The molecule has 2 amide bonds. The van der Waals surface area contributed by atoms with Crippen LogP contribution in [0.25, 0.3) is 0 Å². The zero-order valence-corrected chi connectivity index (χ0v) is 23.1. The lowest BCUT2D eigenvalue weighted by Gasteiger charge is -2.16. The van der Waals surface area contributed by atoms with Gasteiger partial charge in [-0.1, -0.05) is 64.6 Å². The Morgan fingerprint density at radius 1 is 0.861 bits per heavy atom. The van der Waals surface area contributed by atoms with Gasteiger partial charge in [-0.15, -0.1) is 11.8 Å². The van der Waals surface area contributed by atoms with Gasteiger partial charge in [-0.3, -0.25) is 9.59 Å². The minimum absolute atomic E-state index is 0.175. The van der Waals surface area contributed by atoms with E-state index in [1.165, 1.54) is 11.8 Å². The lowest BCUT2D eigenvalue weighted by Crippen LogP contribution is -2.23. The summed E-state index contributed by atoms with van der Waals surface area (Å²) in [6, 6.07) is 12.6.